The molecule has 1 saturated heterocycles. The number of nitrogens with zero attached hydrogens (tertiary/aromatic N) is 5. The van der Waals surface area contributed by atoms with Gasteiger partial charge in [0.2, 0.25) is 0 Å². The maximum Gasteiger partial charge on any atom is 0.146 e. The van der Waals surface area contributed by atoms with E-state index in [0.717, 1.165) is 39.4 Å². The fraction of sp³-hybridized carbons (Fsp3) is 0.379. The number of nitrogen functional groups attached to an aromatic ring is 1. The molecule has 1 saturated carbocycles. The van der Waals surface area contributed by atoms with Crippen molar-refractivity contribution < 1.29 is 4.74 Å². The summed E-state index contributed by atoms with van der Waals surface area (Å²) in [5.74, 6) is 2.11. The molecule has 3 heterocycles. The highest BCUT2D eigenvalue weighted by molar-refractivity contribution is 6.00. The molecule has 2 N–H and O–H groups in total. The maximum atomic E-state index is 6.40. The summed E-state index contributed by atoms with van der Waals surface area (Å²) >= 11 is 0. The number of fused-ring (bicyclic) bond motifs is 1. The number of rotatable bonds is 7. The van der Waals surface area contributed by atoms with Crippen molar-refractivity contribution in [3.05, 3.63) is 72.7 Å². The van der Waals surface area contributed by atoms with E-state index in [4.69, 9.17) is 10.5 Å². The number of likely N-dealkylation sites (N-methyl/N-ethyl adjacent to an activating group) is 1. The number of anilines is 1. The molecule has 7 nitrogen and oxygen atoms in total. The largest absolute Gasteiger partial charge is 0.489 e. The third-order valence-electron chi connectivity index (χ3n) is 7.75. The normalized spacial score (nSPS) is 20.9. The molecule has 1 aliphatic heterocycles. The first-order valence-corrected chi connectivity index (χ1v) is 12.9. The van der Waals surface area contributed by atoms with E-state index in [1.54, 1.807) is 6.33 Å². The van der Waals surface area contributed by atoms with Gasteiger partial charge in [-0.15, -0.1) is 0 Å². The molecule has 0 amide bonds. The Balaban J connectivity index is 1.21. The second kappa shape index (κ2) is 9.91. The van der Waals surface area contributed by atoms with E-state index in [0.29, 0.717) is 18.5 Å². The van der Waals surface area contributed by atoms with Gasteiger partial charge >= 0.3 is 0 Å². The lowest BCUT2D eigenvalue weighted by Gasteiger charge is -2.41. The summed E-state index contributed by atoms with van der Waals surface area (Å²) in [4.78, 5) is 14.0. The number of aromatic nitrogens is 3. The van der Waals surface area contributed by atoms with Gasteiger partial charge in [0.05, 0.1) is 5.39 Å². The van der Waals surface area contributed by atoms with Crippen LogP contribution in [-0.2, 0) is 6.61 Å². The lowest BCUT2D eigenvalue weighted by molar-refractivity contribution is 0.0920. The summed E-state index contributed by atoms with van der Waals surface area (Å²) in [5, 5.41) is 0.931. The van der Waals surface area contributed by atoms with Gasteiger partial charge in [-0.3, -0.25) is 0 Å². The standard InChI is InChI=1S/C29H34N6O/c1-33-10-12-34(13-11-33)17-22-14-24(15-22)35-18-26(27-28(30)31-20-32-29(27)35)23-8-5-9-25(16-23)36-19-21-6-3-2-4-7-21/h2-9,16,18,20,22,24H,10-15,17,19H2,1H3,(H2,30,31,32). The number of piperazine rings is 1. The van der Waals surface area contributed by atoms with Crippen LogP contribution >= 0.6 is 0 Å². The third-order valence-corrected chi connectivity index (χ3v) is 7.75. The topological polar surface area (TPSA) is 72.4 Å². The van der Waals surface area contributed by atoms with E-state index in [1.165, 1.54) is 45.6 Å². The van der Waals surface area contributed by atoms with Gasteiger partial charge in [-0.2, -0.15) is 0 Å². The lowest BCUT2D eigenvalue weighted by Crippen LogP contribution is -2.47. The molecule has 2 aliphatic rings. The number of nitrogens with two attached hydrogens (primary N) is 1. The Morgan fingerprint density at radius 3 is 2.58 bits per heavy atom. The fourth-order valence-electron chi connectivity index (χ4n) is 5.57. The zero-order valence-corrected chi connectivity index (χ0v) is 20.9. The van der Waals surface area contributed by atoms with E-state index in [-0.39, 0.29) is 0 Å². The Labute approximate surface area is 212 Å². The Bertz CT molecular complexity index is 1320. The summed E-state index contributed by atoms with van der Waals surface area (Å²) in [6.07, 6.45) is 6.17. The van der Waals surface area contributed by atoms with Crippen molar-refractivity contribution in [2.24, 2.45) is 5.92 Å². The SMILES string of the molecule is CN1CCN(CC2CC(n3cc(-c4cccc(OCc5ccccc5)c4)c4c(N)ncnc43)C2)CC1. The van der Waals surface area contributed by atoms with Crippen molar-refractivity contribution in [2.45, 2.75) is 25.5 Å². The summed E-state index contributed by atoms with van der Waals surface area (Å²) < 4.78 is 8.43. The minimum atomic E-state index is 0.450. The van der Waals surface area contributed by atoms with Crippen LogP contribution in [0.5, 0.6) is 5.75 Å². The molecule has 7 heteroatoms. The van der Waals surface area contributed by atoms with Gasteiger partial charge in [0.15, 0.2) is 0 Å². The van der Waals surface area contributed by atoms with Crippen molar-refractivity contribution >= 4 is 16.9 Å². The van der Waals surface area contributed by atoms with Gasteiger partial charge in [0.1, 0.15) is 30.1 Å². The van der Waals surface area contributed by atoms with Crippen LogP contribution < -0.4 is 10.5 Å². The molecular formula is C29H34N6O. The number of hydrogen-bond donors (Lipinski definition) is 1. The monoisotopic (exact) mass is 482 g/mol. The van der Waals surface area contributed by atoms with E-state index < -0.39 is 0 Å². The average Bonchev–Trinajstić information content (AvgIpc) is 3.27. The van der Waals surface area contributed by atoms with Crippen LogP contribution in [0.4, 0.5) is 5.82 Å². The van der Waals surface area contributed by atoms with E-state index in [1.807, 2.05) is 30.3 Å². The highest BCUT2D eigenvalue weighted by Gasteiger charge is 2.34. The van der Waals surface area contributed by atoms with Gasteiger partial charge in [0.25, 0.3) is 0 Å². The fourth-order valence-corrected chi connectivity index (χ4v) is 5.57. The summed E-state index contributed by atoms with van der Waals surface area (Å²) in [5.41, 5.74) is 10.6. The molecular weight excluding hydrogens is 448 g/mol. The molecule has 0 bridgehead atoms. The summed E-state index contributed by atoms with van der Waals surface area (Å²) in [7, 11) is 2.21. The maximum absolute atomic E-state index is 6.40. The van der Waals surface area contributed by atoms with Crippen molar-refractivity contribution in [3.8, 4) is 16.9 Å². The van der Waals surface area contributed by atoms with Crippen LogP contribution in [0.15, 0.2) is 67.1 Å². The molecule has 0 spiro atoms. The molecule has 0 radical (unpaired) electrons. The highest BCUT2D eigenvalue weighted by Crippen LogP contribution is 2.43. The van der Waals surface area contributed by atoms with E-state index in [9.17, 15) is 0 Å². The summed E-state index contributed by atoms with van der Waals surface area (Å²) in [6.45, 7) is 6.45. The molecule has 4 aromatic rings. The van der Waals surface area contributed by atoms with Crippen LogP contribution in [-0.4, -0.2) is 64.1 Å². The van der Waals surface area contributed by atoms with E-state index in [2.05, 4.69) is 61.8 Å². The number of hydrogen-bond acceptors (Lipinski definition) is 6. The highest BCUT2D eigenvalue weighted by atomic mass is 16.5. The van der Waals surface area contributed by atoms with Crippen LogP contribution in [0.2, 0.25) is 0 Å². The molecule has 186 valence electrons. The molecule has 2 aromatic heterocycles. The molecule has 0 unspecified atom stereocenters. The molecule has 6 rings (SSSR count). The quantitative estimate of drug-likeness (QED) is 0.419. The molecule has 36 heavy (non-hydrogen) atoms. The second-order valence-electron chi connectivity index (χ2n) is 10.3. The van der Waals surface area contributed by atoms with Crippen LogP contribution in [0.3, 0.4) is 0 Å². The Hall–Kier alpha value is -3.42. The first kappa shape index (κ1) is 23.0. The van der Waals surface area contributed by atoms with Crippen LogP contribution in [0.1, 0.15) is 24.4 Å². The molecule has 2 aromatic carbocycles. The third kappa shape index (κ3) is 4.68. The molecule has 2 fully saturated rings. The second-order valence-corrected chi connectivity index (χ2v) is 10.3. The number of benzene rings is 2. The first-order valence-electron chi connectivity index (χ1n) is 12.9. The Morgan fingerprint density at radius 2 is 1.78 bits per heavy atom. The predicted octanol–water partition coefficient (Wildman–Crippen LogP) is 4.46. The van der Waals surface area contributed by atoms with Gasteiger partial charge in [-0.1, -0.05) is 42.5 Å². The van der Waals surface area contributed by atoms with Gasteiger partial charge in [-0.05, 0) is 49.1 Å². The first-order chi connectivity index (χ1) is 17.6. The molecule has 1 aliphatic carbocycles. The van der Waals surface area contributed by atoms with Crippen LogP contribution in [0, 0.1) is 5.92 Å². The van der Waals surface area contributed by atoms with Gasteiger partial charge in [-0.25, -0.2) is 9.97 Å². The minimum absolute atomic E-state index is 0.450. The van der Waals surface area contributed by atoms with Crippen molar-refractivity contribution in [2.75, 3.05) is 45.5 Å². The Morgan fingerprint density at radius 1 is 0.972 bits per heavy atom. The molecule has 0 atom stereocenters. The lowest BCUT2D eigenvalue weighted by atomic mass is 9.79. The minimum Gasteiger partial charge on any atom is -0.489 e. The van der Waals surface area contributed by atoms with Crippen LogP contribution in [0.25, 0.3) is 22.2 Å². The van der Waals surface area contributed by atoms with E-state index >= 15 is 0 Å². The summed E-state index contributed by atoms with van der Waals surface area (Å²) in [6, 6.07) is 18.9. The van der Waals surface area contributed by atoms with Gasteiger partial charge < -0.3 is 24.8 Å². The van der Waals surface area contributed by atoms with Crippen molar-refractivity contribution in [1.82, 2.24) is 24.3 Å². The predicted molar refractivity (Wildman–Crippen MR) is 144 cm³/mol. The van der Waals surface area contributed by atoms with Crippen molar-refractivity contribution in [3.63, 3.8) is 0 Å². The smallest absolute Gasteiger partial charge is 0.146 e. The Kier molecular flexibility index (Phi) is 6.34. The van der Waals surface area contributed by atoms with Crippen molar-refractivity contribution in [1.29, 1.82) is 0 Å². The number of ether oxygens (including phenoxy) is 1. The average molecular weight is 483 g/mol. The van der Waals surface area contributed by atoms with Gasteiger partial charge in [0, 0.05) is 50.5 Å². The zero-order chi connectivity index (χ0) is 24.5. The zero-order valence-electron chi connectivity index (χ0n) is 20.9.